The Morgan fingerprint density at radius 3 is 1.71 bits per heavy atom. The third kappa shape index (κ3) is 14.1. The molecule has 0 spiro atoms. The van der Waals surface area contributed by atoms with Crippen molar-refractivity contribution in [1.82, 2.24) is 5.32 Å². The quantitative estimate of drug-likeness (QED) is 0.406. The minimum atomic E-state index is -0.553. The molecule has 1 amide bonds. The second-order valence-electron chi connectivity index (χ2n) is 6.02. The predicted molar refractivity (Wildman–Crippen MR) is 91.1 cm³/mol. The molecule has 0 fully saturated rings. The molecular weight excluding hydrogens is 262 g/mol. The summed E-state index contributed by atoms with van der Waals surface area (Å²) in [6.07, 6.45) is 15.9. The van der Waals surface area contributed by atoms with E-state index in [0.29, 0.717) is 0 Å². The maximum absolute atomic E-state index is 11.4. The van der Waals surface area contributed by atoms with Crippen LogP contribution in [0.1, 0.15) is 84.0 Å². The van der Waals surface area contributed by atoms with Crippen LogP contribution in [0.5, 0.6) is 0 Å². The molecule has 4 nitrogen and oxygen atoms in total. The fourth-order valence-electron chi connectivity index (χ4n) is 2.42. The highest BCUT2D eigenvalue weighted by molar-refractivity contribution is 5.81. The lowest BCUT2D eigenvalue weighted by Crippen LogP contribution is -2.45. The third-order valence-electron chi connectivity index (χ3n) is 3.92. The lowest BCUT2D eigenvalue weighted by molar-refractivity contribution is -0.122. The maximum atomic E-state index is 11.4. The molecule has 1 atom stereocenters. The zero-order valence-electron chi connectivity index (χ0n) is 14.0. The van der Waals surface area contributed by atoms with Gasteiger partial charge in [-0.3, -0.25) is 4.79 Å². The number of nitrogens with one attached hydrogen (secondary N) is 1. The van der Waals surface area contributed by atoms with Gasteiger partial charge < -0.3 is 16.8 Å². The molecule has 0 saturated carbocycles. The fraction of sp³-hybridized carbons (Fsp3) is 0.941. The highest BCUT2D eigenvalue weighted by atomic mass is 16.2. The molecule has 0 aromatic heterocycles. The Morgan fingerprint density at radius 2 is 1.29 bits per heavy atom. The normalized spacial score (nSPS) is 12.3. The van der Waals surface area contributed by atoms with Crippen molar-refractivity contribution >= 4 is 5.91 Å². The number of hydrogen-bond acceptors (Lipinski definition) is 3. The van der Waals surface area contributed by atoms with Crippen molar-refractivity contribution in [2.24, 2.45) is 11.5 Å². The summed E-state index contributed by atoms with van der Waals surface area (Å²) in [7, 11) is 0. The van der Waals surface area contributed by atoms with Crippen molar-refractivity contribution in [3.63, 3.8) is 0 Å². The monoisotopic (exact) mass is 299 g/mol. The van der Waals surface area contributed by atoms with E-state index < -0.39 is 6.04 Å². The van der Waals surface area contributed by atoms with E-state index in [1.807, 2.05) is 0 Å². The van der Waals surface area contributed by atoms with Crippen LogP contribution in [-0.4, -0.2) is 25.0 Å². The van der Waals surface area contributed by atoms with Crippen molar-refractivity contribution in [2.45, 2.75) is 90.0 Å². The van der Waals surface area contributed by atoms with Gasteiger partial charge >= 0.3 is 0 Å². The average molecular weight is 300 g/mol. The van der Waals surface area contributed by atoms with E-state index >= 15 is 0 Å². The first-order valence-electron chi connectivity index (χ1n) is 8.95. The summed E-state index contributed by atoms with van der Waals surface area (Å²) < 4.78 is 0. The summed E-state index contributed by atoms with van der Waals surface area (Å²) >= 11 is 0. The topological polar surface area (TPSA) is 81.1 Å². The average Bonchev–Trinajstić information content (AvgIpc) is 2.50. The number of amides is 1. The molecule has 126 valence electrons. The summed E-state index contributed by atoms with van der Waals surface area (Å²) in [5.74, 6) is -0.124. The molecular formula is C17H37N3O. The molecule has 0 bridgehead atoms. The van der Waals surface area contributed by atoms with Gasteiger partial charge in [0.15, 0.2) is 0 Å². The van der Waals surface area contributed by atoms with Crippen LogP contribution >= 0.6 is 0 Å². The van der Waals surface area contributed by atoms with Gasteiger partial charge in [-0.15, -0.1) is 0 Å². The summed E-state index contributed by atoms with van der Waals surface area (Å²) in [5.41, 5.74) is 10.9. The predicted octanol–water partition coefficient (Wildman–Crippen LogP) is 3.09. The number of carbonyl (C=O) groups excluding carboxylic acids is 1. The molecule has 0 aromatic rings. The van der Waals surface area contributed by atoms with Crippen LogP contribution in [0.3, 0.4) is 0 Å². The van der Waals surface area contributed by atoms with Crippen LogP contribution in [0.4, 0.5) is 0 Å². The van der Waals surface area contributed by atoms with Gasteiger partial charge in [-0.2, -0.15) is 0 Å². The van der Waals surface area contributed by atoms with E-state index in [2.05, 4.69) is 12.2 Å². The standard InChI is InChI=1S/C17H37N3O/c1-2-3-4-5-6-7-8-9-10-11-12-13-14-20-17(21)16(19)15-18/h16H,2-15,18-19H2,1H3,(H,20,21)/t16-/m1/s1. The van der Waals surface area contributed by atoms with Crippen molar-refractivity contribution in [3.05, 3.63) is 0 Å². The van der Waals surface area contributed by atoms with Crippen LogP contribution in [0.2, 0.25) is 0 Å². The van der Waals surface area contributed by atoms with Crippen LogP contribution in [-0.2, 0) is 4.79 Å². The van der Waals surface area contributed by atoms with Crippen molar-refractivity contribution in [1.29, 1.82) is 0 Å². The summed E-state index contributed by atoms with van der Waals surface area (Å²) in [6.45, 7) is 3.20. The van der Waals surface area contributed by atoms with Gasteiger partial charge in [0.25, 0.3) is 0 Å². The van der Waals surface area contributed by atoms with E-state index in [1.165, 1.54) is 70.6 Å². The van der Waals surface area contributed by atoms with Crippen LogP contribution in [0.25, 0.3) is 0 Å². The second-order valence-corrected chi connectivity index (χ2v) is 6.02. The highest BCUT2D eigenvalue weighted by Gasteiger charge is 2.09. The summed E-state index contributed by atoms with van der Waals surface area (Å²) in [4.78, 5) is 11.4. The van der Waals surface area contributed by atoms with Gasteiger partial charge in [-0.1, -0.05) is 77.6 Å². The first kappa shape index (κ1) is 20.4. The second kappa shape index (κ2) is 15.8. The molecule has 0 aliphatic heterocycles. The molecule has 4 heteroatoms. The number of carbonyl (C=O) groups is 1. The number of nitrogens with two attached hydrogens (primary N) is 2. The first-order valence-corrected chi connectivity index (χ1v) is 8.95. The molecule has 0 saturated heterocycles. The minimum Gasteiger partial charge on any atom is -0.355 e. The highest BCUT2D eigenvalue weighted by Crippen LogP contribution is 2.11. The van der Waals surface area contributed by atoms with Gasteiger partial charge in [0, 0.05) is 13.1 Å². The van der Waals surface area contributed by atoms with E-state index in [1.54, 1.807) is 0 Å². The Morgan fingerprint density at radius 1 is 0.857 bits per heavy atom. The summed E-state index contributed by atoms with van der Waals surface area (Å²) in [5, 5.41) is 2.82. The van der Waals surface area contributed by atoms with Crippen molar-refractivity contribution in [3.8, 4) is 0 Å². The molecule has 0 unspecified atom stereocenters. The molecule has 0 aromatic carbocycles. The SMILES string of the molecule is CCCCCCCCCCCCCCNC(=O)[C@H](N)CN. The van der Waals surface area contributed by atoms with E-state index in [9.17, 15) is 4.79 Å². The van der Waals surface area contributed by atoms with Gasteiger partial charge in [0.05, 0.1) is 6.04 Å². The Kier molecular flexibility index (Phi) is 15.3. The van der Waals surface area contributed by atoms with Gasteiger partial charge in [0.1, 0.15) is 0 Å². The zero-order chi connectivity index (χ0) is 15.8. The van der Waals surface area contributed by atoms with Crippen LogP contribution in [0.15, 0.2) is 0 Å². The smallest absolute Gasteiger partial charge is 0.238 e. The fourth-order valence-corrected chi connectivity index (χ4v) is 2.42. The zero-order valence-corrected chi connectivity index (χ0v) is 14.0. The van der Waals surface area contributed by atoms with E-state index in [0.717, 1.165) is 13.0 Å². The molecule has 5 N–H and O–H groups in total. The Balaban J connectivity index is 3.11. The largest absolute Gasteiger partial charge is 0.355 e. The van der Waals surface area contributed by atoms with Crippen LogP contribution < -0.4 is 16.8 Å². The number of hydrogen-bond donors (Lipinski definition) is 3. The Hall–Kier alpha value is -0.610. The molecule has 0 radical (unpaired) electrons. The third-order valence-corrected chi connectivity index (χ3v) is 3.92. The number of unbranched alkanes of at least 4 members (excludes halogenated alkanes) is 11. The van der Waals surface area contributed by atoms with E-state index in [4.69, 9.17) is 11.5 Å². The Bertz CT molecular complexity index is 234. The lowest BCUT2D eigenvalue weighted by Gasteiger charge is -2.09. The minimum absolute atomic E-state index is 0.124. The van der Waals surface area contributed by atoms with Crippen molar-refractivity contribution < 1.29 is 4.79 Å². The van der Waals surface area contributed by atoms with Crippen molar-refractivity contribution in [2.75, 3.05) is 13.1 Å². The molecule has 0 heterocycles. The lowest BCUT2D eigenvalue weighted by atomic mass is 10.1. The first-order chi connectivity index (χ1) is 10.2. The maximum Gasteiger partial charge on any atom is 0.238 e. The van der Waals surface area contributed by atoms with Gasteiger partial charge in [-0.25, -0.2) is 0 Å². The molecule has 21 heavy (non-hydrogen) atoms. The molecule has 0 rings (SSSR count). The van der Waals surface area contributed by atoms with Gasteiger partial charge in [0.2, 0.25) is 5.91 Å². The molecule has 0 aliphatic carbocycles. The number of rotatable bonds is 15. The van der Waals surface area contributed by atoms with Gasteiger partial charge in [-0.05, 0) is 6.42 Å². The summed E-state index contributed by atoms with van der Waals surface area (Å²) in [6, 6.07) is -0.553. The Labute approximate surface area is 131 Å². The van der Waals surface area contributed by atoms with Crippen LogP contribution in [0, 0.1) is 0 Å². The van der Waals surface area contributed by atoms with E-state index in [-0.39, 0.29) is 12.5 Å². The molecule has 0 aliphatic rings.